The van der Waals surface area contributed by atoms with E-state index in [1.807, 2.05) is 0 Å². The molecule has 1 fully saturated rings. The molecule has 0 amide bonds. The number of carbonyl (C=O) groups excluding carboxylic acids is 1. The molecule has 1 rings (SSSR count). The second-order valence-electron chi connectivity index (χ2n) is 4.85. The van der Waals surface area contributed by atoms with E-state index >= 15 is 0 Å². The van der Waals surface area contributed by atoms with Gasteiger partial charge in [-0.25, -0.2) is 0 Å². The molecule has 1 radical (unpaired) electrons. The average molecular weight is 225 g/mol. The maximum atomic E-state index is 11.4. The Bertz CT molecular complexity index is 183. The quantitative estimate of drug-likeness (QED) is 0.462. The summed E-state index contributed by atoms with van der Waals surface area (Å²) in [5, 5.41) is 0. The van der Waals surface area contributed by atoms with E-state index in [0.717, 1.165) is 19.3 Å². The largest absolute Gasteiger partial charge is 0.465 e. The first kappa shape index (κ1) is 13.5. The molecule has 0 aromatic heterocycles. The van der Waals surface area contributed by atoms with Crippen molar-refractivity contribution in [3.8, 4) is 0 Å². The fraction of sp³-hybridized carbons (Fsp3) is 0.857. The van der Waals surface area contributed by atoms with E-state index in [2.05, 4.69) is 6.92 Å². The van der Waals surface area contributed by atoms with E-state index in [9.17, 15) is 4.79 Å². The summed E-state index contributed by atoms with van der Waals surface area (Å²) in [5.74, 6) is 0.650. The molecule has 1 saturated carbocycles. The maximum Gasteiger partial charge on any atom is 0.305 e. The van der Waals surface area contributed by atoms with E-state index < -0.39 is 0 Å². The zero-order valence-corrected chi connectivity index (χ0v) is 10.4. The summed E-state index contributed by atoms with van der Waals surface area (Å²) in [5.41, 5.74) is 0. The molecule has 0 bridgehead atoms. The molecule has 0 unspecified atom stereocenters. The van der Waals surface area contributed by atoms with Crippen molar-refractivity contribution >= 4 is 5.97 Å². The van der Waals surface area contributed by atoms with Crippen LogP contribution in [0.15, 0.2) is 0 Å². The summed E-state index contributed by atoms with van der Waals surface area (Å²) in [7, 11) is 0. The van der Waals surface area contributed by atoms with Gasteiger partial charge in [-0.15, -0.1) is 0 Å². The van der Waals surface area contributed by atoms with Gasteiger partial charge in [0.15, 0.2) is 0 Å². The first-order valence-electron chi connectivity index (χ1n) is 6.78. The van der Waals surface area contributed by atoms with Gasteiger partial charge in [0.1, 0.15) is 0 Å². The minimum absolute atomic E-state index is 0.00141. The van der Waals surface area contributed by atoms with Crippen LogP contribution in [0.4, 0.5) is 0 Å². The molecule has 2 nitrogen and oxygen atoms in total. The summed E-state index contributed by atoms with van der Waals surface area (Å²) in [6, 6.07) is 0. The fourth-order valence-corrected chi connectivity index (χ4v) is 2.26. The van der Waals surface area contributed by atoms with Crippen LogP contribution < -0.4 is 0 Å². The molecule has 1 aliphatic carbocycles. The van der Waals surface area contributed by atoms with Crippen molar-refractivity contribution in [2.45, 2.75) is 64.2 Å². The van der Waals surface area contributed by atoms with Crippen LogP contribution in [0.2, 0.25) is 0 Å². The number of unbranched alkanes of at least 4 members (excludes halogenated alkanes) is 4. The Hall–Kier alpha value is -0.530. The number of hydrogen-bond acceptors (Lipinski definition) is 2. The summed E-state index contributed by atoms with van der Waals surface area (Å²) in [6.07, 6.45) is 11.2. The van der Waals surface area contributed by atoms with Gasteiger partial charge in [0, 0.05) is 6.42 Å². The van der Waals surface area contributed by atoms with Gasteiger partial charge < -0.3 is 4.74 Å². The Kier molecular flexibility index (Phi) is 7.28. The SMILES string of the molecule is [CH2]CCCCCCC(=O)OCC1CCCC1. The smallest absolute Gasteiger partial charge is 0.305 e. The zero-order chi connectivity index (χ0) is 11.6. The number of rotatable bonds is 8. The minimum atomic E-state index is 0.00141. The summed E-state index contributed by atoms with van der Waals surface area (Å²) < 4.78 is 5.28. The standard InChI is InChI=1S/C14H25O2/c1-2-3-4-5-6-11-14(15)16-12-13-9-7-8-10-13/h13H,1-12H2. The third-order valence-electron chi connectivity index (χ3n) is 3.34. The third kappa shape index (κ3) is 6.14. The molecule has 0 heterocycles. The van der Waals surface area contributed by atoms with Crippen LogP contribution in [0.3, 0.4) is 0 Å². The van der Waals surface area contributed by atoms with Gasteiger partial charge in [-0.3, -0.25) is 4.79 Å². The highest BCUT2D eigenvalue weighted by Crippen LogP contribution is 2.24. The average Bonchev–Trinajstić information content (AvgIpc) is 2.79. The van der Waals surface area contributed by atoms with E-state index in [1.165, 1.54) is 38.5 Å². The number of ether oxygens (including phenoxy) is 1. The topological polar surface area (TPSA) is 26.3 Å². The lowest BCUT2D eigenvalue weighted by atomic mass is 10.1. The van der Waals surface area contributed by atoms with E-state index in [1.54, 1.807) is 0 Å². The molecule has 0 N–H and O–H groups in total. The van der Waals surface area contributed by atoms with Crippen LogP contribution in [-0.4, -0.2) is 12.6 Å². The van der Waals surface area contributed by atoms with Crippen LogP contribution in [-0.2, 0) is 9.53 Å². The lowest BCUT2D eigenvalue weighted by Crippen LogP contribution is -2.11. The molecule has 0 atom stereocenters. The Morgan fingerprint density at radius 1 is 1.12 bits per heavy atom. The van der Waals surface area contributed by atoms with E-state index in [4.69, 9.17) is 4.74 Å². The van der Waals surface area contributed by atoms with Gasteiger partial charge in [-0.05, 0) is 25.2 Å². The second-order valence-corrected chi connectivity index (χ2v) is 4.85. The number of esters is 1. The predicted octanol–water partition coefficient (Wildman–Crippen LogP) is 3.89. The van der Waals surface area contributed by atoms with Crippen LogP contribution in [0.25, 0.3) is 0 Å². The lowest BCUT2D eigenvalue weighted by molar-refractivity contribution is -0.145. The Labute approximate surface area is 99.8 Å². The van der Waals surface area contributed by atoms with Gasteiger partial charge in [-0.2, -0.15) is 0 Å². The first-order valence-corrected chi connectivity index (χ1v) is 6.78. The monoisotopic (exact) mass is 225 g/mol. The Morgan fingerprint density at radius 2 is 1.81 bits per heavy atom. The van der Waals surface area contributed by atoms with Crippen molar-refractivity contribution in [1.82, 2.24) is 0 Å². The van der Waals surface area contributed by atoms with Gasteiger partial charge in [-0.1, -0.05) is 45.4 Å². The first-order chi connectivity index (χ1) is 7.83. The van der Waals surface area contributed by atoms with Crippen molar-refractivity contribution in [2.24, 2.45) is 5.92 Å². The highest BCUT2D eigenvalue weighted by molar-refractivity contribution is 5.69. The van der Waals surface area contributed by atoms with Crippen LogP contribution in [0.5, 0.6) is 0 Å². The Balaban J connectivity index is 1.90. The third-order valence-corrected chi connectivity index (χ3v) is 3.34. The van der Waals surface area contributed by atoms with Crippen LogP contribution in [0, 0.1) is 12.8 Å². The molecule has 0 aromatic rings. The highest BCUT2D eigenvalue weighted by Gasteiger charge is 2.16. The summed E-state index contributed by atoms with van der Waals surface area (Å²) in [4.78, 5) is 11.4. The van der Waals surface area contributed by atoms with Crippen molar-refractivity contribution < 1.29 is 9.53 Å². The molecule has 2 heteroatoms. The van der Waals surface area contributed by atoms with Gasteiger partial charge >= 0.3 is 5.97 Å². The number of carbonyl (C=O) groups is 1. The minimum Gasteiger partial charge on any atom is -0.465 e. The molecule has 0 aromatic carbocycles. The molecular weight excluding hydrogens is 200 g/mol. The summed E-state index contributed by atoms with van der Waals surface area (Å²) >= 11 is 0. The van der Waals surface area contributed by atoms with Crippen LogP contribution >= 0.6 is 0 Å². The molecule has 1 aliphatic rings. The predicted molar refractivity (Wildman–Crippen MR) is 66.0 cm³/mol. The van der Waals surface area contributed by atoms with E-state index in [-0.39, 0.29) is 5.97 Å². The van der Waals surface area contributed by atoms with Crippen molar-refractivity contribution in [3.05, 3.63) is 6.92 Å². The van der Waals surface area contributed by atoms with E-state index in [0.29, 0.717) is 18.9 Å². The molecule has 16 heavy (non-hydrogen) atoms. The molecular formula is C14H25O2. The van der Waals surface area contributed by atoms with Gasteiger partial charge in [0.25, 0.3) is 0 Å². The molecule has 0 aliphatic heterocycles. The molecule has 0 spiro atoms. The van der Waals surface area contributed by atoms with Crippen molar-refractivity contribution in [1.29, 1.82) is 0 Å². The molecule has 0 saturated heterocycles. The Morgan fingerprint density at radius 3 is 2.50 bits per heavy atom. The van der Waals surface area contributed by atoms with Crippen molar-refractivity contribution in [2.75, 3.05) is 6.61 Å². The van der Waals surface area contributed by atoms with Crippen molar-refractivity contribution in [3.63, 3.8) is 0 Å². The van der Waals surface area contributed by atoms with Gasteiger partial charge in [0.05, 0.1) is 6.61 Å². The van der Waals surface area contributed by atoms with Gasteiger partial charge in [0.2, 0.25) is 0 Å². The highest BCUT2D eigenvalue weighted by atomic mass is 16.5. The maximum absolute atomic E-state index is 11.4. The molecule has 93 valence electrons. The number of hydrogen-bond donors (Lipinski definition) is 0. The zero-order valence-electron chi connectivity index (χ0n) is 10.4. The fourth-order valence-electron chi connectivity index (χ4n) is 2.26. The summed E-state index contributed by atoms with van der Waals surface area (Å²) in [6.45, 7) is 4.46. The lowest BCUT2D eigenvalue weighted by Gasteiger charge is -2.09. The normalized spacial score (nSPS) is 16.6. The second kappa shape index (κ2) is 8.60. The van der Waals surface area contributed by atoms with Crippen LogP contribution in [0.1, 0.15) is 64.2 Å².